The second-order valence-corrected chi connectivity index (χ2v) is 8.15. The Morgan fingerprint density at radius 3 is 2.67 bits per heavy atom. The zero-order chi connectivity index (χ0) is 17.9. The standard InChI is InChI=1S/C15H18ClNO6S/c1-17(11-5-6-24(20,21)9-11)14(18)8-23-15(19)12-7-10(16)3-4-13(12)22-2/h3-4,7,11H,5-6,8-9H2,1-2H3/t11-/m1/s1. The third-order valence-corrected chi connectivity index (χ3v) is 5.84. The van der Waals surface area contributed by atoms with E-state index in [0.29, 0.717) is 11.4 Å². The summed E-state index contributed by atoms with van der Waals surface area (Å²) in [6.45, 7) is -0.485. The molecule has 9 heteroatoms. The highest BCUT2D eigenvalue weighted by molar-refractivity contribution is 7.91. The van der Waals surface area contributed by atoms with Gasteiger partial charge in [-0.05, 0) is 24.6 Å². The van der Waals surface area contributed by atoms with Crippen molar-refractivity contribution in [2.45, 2.75) is 12.5 Å². The van der Waals surface area contributed by atoms with Gasteiger partial charge in [-0.2, -0.15) is 0 Å². The van der Waals surface area contributed by atoms with Crippen LogP contribution in [0.5, 0.6) is 5.75 Å². The number of carbonyl (C=O) groups excluding carboxylic acids is 2. The highest BCUT2D eigenvalue weighted by atomic mass is 35.5. The summed E-state index contributed by atoms with van der Waals surface area (Å²) in [5, 5.41) is 0.336. The van der Waals surface area contributed by atoms with Crippen molar-refractivity contribution in [1.29, 1.82) is 0 Å². The minimum atomic E-state index is -3.09. The van der Waals surface area contributed by atoms with Gasteiger partial charge in [0.15, 0.2) is 16.4 Å². The van der Waals surface area contributed by atoms with Crippen LogP contribution in [0.2, 0.25) is 5.02 Å². The van der Waals surface area contributed by atoms with Crippen LogP contribution in [0, 0.1) is 0 Å². The first-order valence-corrected chi connectivity index (χ1v) is 9.40. The molecule has 0 aromatic heterocycles. The normalized spacial score (nSPS) is 18.9. The quantitative estimate of drug-likeness (QED) is 0.717. The van der Waals surface area contributed by atoms with Crippen LogP contribution in [0.25, 0.3) is 0 Å². The molecule has 1 aromatic rings. The Balaban J connectivity index is 1.96. The molecule has 0 unspecified atom stereocenters. The van der Waals surface area contributed by atoms with E-state index in [1.807, 2.05) is 0 Å². The molecule has 1 aliphatic rings. The number of nitrogens with zero attached hydrogens (tertiary/aromatic N) is 1. The maximum atomic E-state index is 12.1. The summed E-state index contributed by atoms with van der Waals surface area (Å²) >= 11 is 5.85. The number of benzene rings is 1. The van der Waals surface area contributed by atoms with Crippen LogP contribution in [0.4, 0.5) is 0 Å². The summed E-state index contributed by atoms with van der Waals surface area (Å²) < 4.78 is 33.0. The minimum Gasteiger partial charge on any atom is -0.496 e. The fraction of sp³-hybridized carbons (Fsp3) is 0.467. The van der Waals surface area contributed by atoms with E-state index in [2.05, 4.69) is 0 Å². The Kier molecular flexibility index (Phi) is 5.71. The Morgan fingerprint density at radius 1 is 1.38 bits per heavy atom. The van der Waals surface area contributed by atoms with E-state index in [9.17, 15) is 18.0 Å². The van der Waals surface area contributed by atoms with Crippen LogP contribution in [0.15, 0.2) is 18.2 Å². The lowest BCUT2D eigenvalue weighted by Gasteiger charge is -2.23. The molecule has 1 aliphatic heterocycles. The zero-order valence-corrected chi connectivity index (χ0v) is 14.9. The predicted octanol–water partition coefficient (Wildman–Crippen LogP) is 1.15. The zero-order valence-electron chi connectivity index (χ0n) is 13.3. The molecule has 1 aromatic carbocycles. The molecule has 0 N–H and O–H groups in total. The maximum Gasteiger partial charge on any atom is 0.342 e. The van der Waals surface area contributed by atoms with Gasteiger partial charge in [-0.15, -0.1) is 0 Å². The number of carbonyl (C=O) groups is 2. The topological polar surface area (TPSA) is 90.0 Å². The van der Waals surface area contributed by atoms with Crippen LogP contribution in [-0.2, 0) is 19.4 Å². The third kappa shape index (κ3) is 4.39. The average molecular weight is 376 g/mol. The molecule has 1 atom stereocenters. The summed E-state index contributed by atoms with van der Waals surface area (Å²) in [7, 11) is -0.191. The first-order valence-electron chi connectivity index (χ1n) is 7.20. The number of rotatable bonds is 5. The largest absolute Gasteiger partial charge is 0.496 e. The van der Waals surface area contributed by atoms with Crippen LogP contribution in [0.3, 0.4) is 0 Å². The van der Waals surface area contributed by atoms with Crippen molar-refractivity contribution < 1.29 is 27.5 Å². The van der Waals surface area contributed by atoms with Crippen molar-refractivity contribution in [3.8, 4) is 5.75 Å². The average Bonchev–Trinajstić information content (AvgIpc) is 2.91. The molecular formula is C15H18ClNO6S. The van der Waals surface area contributed by atoms with Gasteiger partial charge in [-0.1, -0.05) is 11.6 Å². The highest BCUT2D eigenvalue weighted by Crippen LogP contribution is 2.23. The van der Waals surface area contributed by atoms with Gasteiger partial charge in [0.2, 0.25) is 0 Å². The lowest BCUT2D eigenvalue weighted by atomic mass is 10.2. The first kappa shape index (κ1) is 18.5. The molecule has 7 nitrogen and oxygen atoms in total. The summed E-state index contributed by atoms with van der Waals surface area (Å²) in [6.07, 6.45) is 0.390. The van der Waals surface area contributed by atoms with Crippen molar-refractivity contribution in [1.82, 2.24) is 4.90 Å². The highest BCUT2D eigenvalue weighted by Gasteiger charge is 2.33. The maximum absolute atomic E-state index is 12.1. The lowest BCUT2D eigenvalue weighted by Crippen LogP contribution is -2.40. The number of methoxy groups -OCH3 is 1. The van der Waals surface area contributed by atoms with Crippen molar-refractivity contribution in [2.24, 2.45) is 0 Å². The van der Waals surface area contributed by atoms with Crippen molar-refractivity contribution in [3.63, 3.8) is 0 Å². The van der Waals surface area contributed by atoms with Crippen molar-refractivity contribution in [3.05, 3.63) is 28.8 Å². The summed E-state index contributed by atoms with van der Waals surface area (Å²) in [5.41, 5.74) is 0.115. The molecule has 1 fully saturated rings. The van der Waals surface area contributed by atoms with Crippen LogP contribution < -0.4 is 4.74 Å². The van der Waals surface area contributed by atoms with E-state index in [-0.39, 0.29) is 28.9 Å². The number of hydrogen-bond donors (Lipinski definition) is 0. The van der Waals surface area contributed by atoms with Gasteiger partial charge in [0.05, 0.1) is 18.6 Å². The molecular weight excluding hydrogens is 358 g/mol. The monoisotopic (exact) mass is 375 g/mol. The third-order valence-electron chi connectivity index (χ3n) is 3.86. The molecule has 1 heterocycles. The number of amides is 1. The molecule has 0 bridgehead atoms. The number of likely N-dealkylation sites (N-methyl/N-ethyl adjacent to an activating group) is 1. The van der Waals surface area contributed by atoms with E-state index in [1.54, 1.807) is 6.07 Å². The van der Waals surface area contributed by atoms with Gasteiger partial charge in [0.1, 0.15) is 11.3 Å². The SMILES string of the molecule is COc1ccc(Cl)cc1C(=O)OCC(=O)N(C)[C@@H]1CCS(=O)(=O)C1. The molecule has 0 saturated carbocycles. The van der Waals surface area contributed by atoms with Gasteiger partial charge in [0, 0.05) is 18.1 Å². The van der Waals surface area contributed by atoms with Gasteiger partial charge >= 0.3 is 5.97 Å². The lowest BCUT2D eigenvalue weighted by molar-refractivity contribution is -0.134. The molecule has 132 valence electrons. The molecule has 1 saturated heterocycles. The number of hydrogen-bond acceptors (Lipinski definition) is 6. The van der Waals surface area contributed by atoms with Gasteiger partial charge in [-0.25, -0.2) is 13.2 Å². The minimum absolute atomic E-state index is 0.0642. The number of esters is 1. The first-order chi connectivity index (χ1) is 11.2. The molecule has 1 amide bonds. The fourth-order valence-electron chi connectivity index (χ4n) is 2.43. The van der Waals surface area contributed by atoms with E-state index in [1.165, 1.54) is 31.2 Å². The molecule has 2 rings (SSSR count). The van der Waals surface area contributed by atoms with Gasteiger partial charge in [0.25, 0.3) is 5.91 Å². The van der Waals surface area contributed by atoms with E-state index in [4.69, 9.17) is 21.1 Å². The Labute approximate surface area is 145 Å². The van der Waals surface area contributed by atoms with Crippen LogP contribution in [-0.4, -0.2) is 63.5 Å². The Bertz CT molecular complexity index is 748. The van der Waals surface area contributed by atoms with E-state index < -0.39 is 28.3 Å². The summed E-state index contributed by atoms with van der Waals surface area (Å²) in [5.74, 6) is -0.922. The Morgan fingerprint density at radius 2 is 2.08 bits per heavy atom. The van der Waals surface area contributed by atoms with Crippen LogP contribution >= 0.6 is 11.6 Å². The second-order valence-electron chi connectivity index (χ2n) is 5.48. The smallest absolute Gasteiger partial charge is 0.342 e. The molecule has 0 aliphatic carbocycles. The predicted molar refractivity (Wildman–Crippen MR) is 88.1 cm³/mol. The summed E-state index contributed by atoms with van der Waals surface area (Å²) in [6, 6.07) is 4.09. The Hall–Kier alpha value is -1.80. The van der Waals surface area contributed by atoms with Gasteiger partial charge in [-0.3, -0.25) is 4.79 Å². The van der Waals surface area contributed by atoms with Crippen molar-refractivity contribution in [2.75, 3.05) is 32.3 Å². The van der Waals surface area contributed by atoms with E-state index in [0.717, 1.165) is 0 Å². The summed E-state index contributed by atoms with van der Waals surface area (Å²) in [4.78, 5) is 25.5. The number of sulfone groups is 1. The van der Waals surface area contributed by atoms with Crippen molar-refractivity contribution >= 4 is 33.3 Å². The van der Waals surface area contributed by atoms with Crippen LogP contribution in [0.1, 0.15) is 16.8 Å². The number of halogens is 1. The van der Waals surface area contributed by atoms with Gasteiger partial charge < -0.3 is 14.4 Å². The molecule has 0 radical (unpaired) electrons. The number of ether oxygens (including phenoxy) is 2. The fourth-order valence-corrected chi connectivity index (χ4v) is 4.38. The second kappa shape index (κ2) is 7.40. The molecule has 24 heavy (non-hydrogen) atoms. The van der Waals surface area contributed by atoms with E-state index >= 15 is 0 Å². The molecule has 0 spiro atoms.